The normalized spacial score (nSPS) is 18.1. The molecule has 105 heavy (non-hydrogen) atoms. The Kier molecular flexibility index (Phi) is 28.0. The van der Waals surface area contributed by atoms with Crippen LogP contribution in [0.5, 0.6) is 11.5 Å². The van der Waals surface area contributed by atoms with Crippen LogP contribution in [0.1, 0.15) is 92.8 Å². The molecule has 562 valence electrons. The quantitative estimate of drug-likeness (QED) is 0.0158. The van der Waals surface area contributed by atoms with E-state index in [9.17, 15) is 42.4 Å². The number of halogens is 3. The van der Waals surface area contributed by atoms with Crippen LogP contribution in [0.3, 0.4) is 0 Å². The van der Waals surface area contributed by atoms with Gasteiger partial charge in [0.25, 0.3) is 19.6 Å². The van der Waals surface area contributed by atoms with Crippen molar-refractivity contribution in [3.63, 3.8) is 0 Å². The average Bonchev–Trinajstić information content (AvgIpc) is 0.874. The second kappa shape index (κ2) is 37.2. The predicted molar refractivity (Wildman–Crippen MR) is 389 cm³/mol. The lowest BCUT2D eigenvalue weighted by Crippen LogP contribution is -2.44. The number of hydrogen-bond acceptors (Lipinski definition) is 19. The van der Waals surface area contributed by atoms with E-state index in [0.29, 0.717) is 41.6 Å². The molecular weight excluding hydrogens is 1380 g/mol. The van der Waals surface area contributed by atoms with Crippen LogP contribution in [0.4, 0.5) is 13.2 Å². The van der Waals surface area contributed by atoms with Crippen molar-refractivity contribution in [1.29, 1.82) is 5.26 Å². The maximum atomic E-state index is 14.2. The number of amides is 1. The third kappa shape index (κ3) is 20.0. The first-order chi connectivity index (χ1) is 50.6. The van der Waals surface area contributed by atoms with E-state index < -0.39 is 98.7 Å². The van der Waals surface area contributed by atoms with Gasteiger partial charge in [-0.15, -0.1) is 0 Å². The Morgan fingerprint density at radius 1 is 0.619 bits per heavy atom. The average molecular weight is 1470 g/mol. The largest absolute Gasteiger partial charge is 0.497 e. The highest BCUT2D eigenvalue weighted by Crippen LogP contribution is 2.50. The Balaban J connectivity index is 0.808. The number of benzene rings is 6. The Morgan fingerprint density at radius 3 is 1.63 bits per heavy atom. The molecule has 2 aliphatic heterocycles. The Bertz CT molecular complexity index is 4330. The summed E-state index contributed by atoms with van der Waals surface area (Å²) >= 11 is 0. The maximum Gasteiger partial charge on any atom is 0.471 e. The molecule has 1 amide bonds. The van der Waals surface area contributed by atoms with Crippen LogP contribution in [0.2, 0.25) is 0 Å². The third-order valence-corrected chi connectivity index (χ3v) is 20.7. The lowest BCUT2D eigenvalue weighted by atomic mass is 9.80. The summed E-state index contributed by atoms with van der Waals surface area (Å²) in [5.41, 5.74) is 0.431. The molecule has 28 heteroatoms. The summed E-state index contributed by atoms with van der Waals surface area (Å²) in [6, 6.07) is 45.7. The van der Waals surface area contributed by atoms with Gasteiger partial charge in [0.05, 0.1) is 98.4 Å². The van der Waals surface area contributed by atoms with Crippen molar-refractivity contribution in [3.8, 4) is 17.6 Å². The second-order valence-electron chi connectivity index (χ2n) is 26.3. The lowest BCUT2D eigenvalue weighted by Gasteiger charge is -2.37. The number of fused-ring (bicyclic) bond motifs is 2. The number of aromatic nitrogens is 4. The SMILES string of the molecule is COc1ccc(C(OC[C@H]2O[C@@H](n3cc(C)c(=O)[nH]c3=O)C[C@@H]2OCCN(CCOCCOCCN(CCOC[C@H]2O[C@@H](n3cc(C)c(=O)[nH]c3=O)C[C@@H]2OP(OCCC#N)N(C(C)C)C(C)C)C(=O)C(F)(F)F)Cc2c3ccccc3cc3ccccc23)(c2ccccc2)c2ccc(OC)cc2)cc1. The van der Waals surface area contributed by atoms with E-state index in [2.05, 4.69) is 51.3 Å². The molecule has 0 radical (unpaired) electrons. The van der Waals surface area contributed by atoms with Gasteiger partial charge in [0.1, 0.15) is 41.8 Å². The van der Waals surface area contributed by atoms with Gasteiger partial charge < -0.3 is 56.6 Å². The number of ether oxygens (including phenoxy) is 9. The highest BCUT2D eigenvalue weighted by atomic mass is 31.2. The summed E-state index contributed by atoms with van der Waals surface area (Å²) in [6.07, 6.45) is -6.81. The molecule has 6 aromatic carbocycles. The molecule has 2 N–H and O–H groups in total. The minimum absolute atomic E-state index is 0.0123. The number of rotatable bonds is 38. The third-order valence-electron chi connectivity index (χ3n) is 18.5. The molecular formula is C77H92F3N8O16P. The van der Waals surface area contributed by atoms with Gasteiger partial charge in [-0.05, 0) is 116 Å². The standard InChI is InChI=1S/C77H92F3N8O16P/c1-51(2)88(52(3)4)105(101-36-16-31-81)104-66-45-70(87-47-54(6)72(90)83-75(87)93)102-67(66)49-98-39-35-85(73(91)77(78,79)80)34-38-97-42-41-96-37-32-84(48-64-62-21-14-12-17-55(62)43-56-18-13-15-22-63(56)64)33-40-99-65-44-69(86-46-53(5)71(89)82-74(86)92)103-68(65)50-100-76(57-19-10-9-11-20-57,58-23-27-60(94-7)28-24-58)59-25-29-61(95-8)30-26-59/h9-15,17-30,43,46-47,51-52,65-70H,16,32-42,44-45,48-50H2,1-8H3,(H,82,89,92)(H,83,90,93)/t65-,66-,67+,68+,69+,70+,105?/m0/s1. The number of carbonyl (C=O) groups excluding carboxylic acids is 1. The van der Waals surface area contributed by atoms with E-state index in [1.165, 1.54) is 28.5 Å². The number of aryl methyl sites for hydroxylation is 2. The maximum absolute atomic E-state index is 14.2. The molecule has 8 aromatic rings. The van der Waals surface area contributed by atoms with E-state index in [1.54, 1.807) is 21.1 Å². The molecule has 2 fully saturated rings. The van der Waals surface area contributed by atoms with E-state index in [4.69, 9.17) is 51.7 Å². The molecule has 1 unspecified atom stereocenters. The van der Waals surface area contributed by atoms with Gasteiger partial charge in [0, 0.05) is 81.2 Å². The molecule has 4 heterocycles. The topological polar surface area (TPSA) is 262 Å². The first kappa shape index (κ1) is 79.1. The fourth-order valence-electron chi connectivity index (χ4n) is 13.3. The van der Waals surface area contributed by atoms with Crippen LogP contribution in [-0.2, 0) is 59.1 Å². The minimum Gasteiger partial charge on any atom is -0.497 e. The fraction of sp³-hybridized carbons (Fsp3) is 0.455. The summed E-state index contributed by atoms with van der Waals surface area (Å²) in [7, 11) is 1.39. The molecule has 0 spiro atoms. The minimum atomic E-state index is -5.21. The number of methoxy groups -OCH3 is 2. The van der Waals surface area contributed by atoms with Gasteiger partial charge in [0.15, 0.2) is 0 Å². The van der Waals surface area contributed by atoms with E-state index in [-0.39, 0.29) is 96.4 Å². The van der Waals surface area contributed by atoms with Crippen molar-refractivity contribution in [2.24, 2.45) is 0 Å². The lowest BCUT2D eigenvalue weighted by molar-refractivity contribution is -0.186. The molecule has 0 bridgehead atoms. The smallest absolute Gasteiger partial charge is 0.471 e. The monoisotopic (exact) mass is 1470 g/mol. The van der Waals surface area contributed by atoms with Crippen LogP contribution in [-0.4, -0.2) is 182 Å². The number of aromatic amines is 2. The van der Waals surface area contributed by atoms with Gasteiger partial charge in [-0.1, -0.05) is 103 Å². The molecule has 10 rings (SSSR count). The first-order valence-electron chi connectivity index (χ1n) is 35.1. The van der Waals surface area contributed by atoms with Gasteiger partial charge >= 0.3 is 23.5 Å². The fourth-order valence-corrected chi connectivity index (χ4v) is 15.0. The van der Waals surface area contributed by atoms with Crippen LogP contribution < -0.4 is 32.0 Å². The van der Waals surface area contributed by atoms with Crippen molar-refractivity contribution in [3.05, 3.63) is 221 Å². The highest BCUT2D eigenvalue weighted by Gasteiger charge is 2.46. The summed E-state index contributed by atoms with van der Waals surface area (Å²) in [5.74, 6) is -0.771. The van der Waals surface area contributed by atoms with Gasteiger partial charge in [0.2, 0.25) is 0 Å². The predicted octanol–water partition coefficient (Wildman–Crippen LogP) is 10.6. The van der Waals surface area contributed by atoms with Crippen molar-refractivity contribution < 1.29 is 69.6 Å². The van der Waals surface area contributed by atoms with E-state index in [0.717, 1.165) is 43.8 Å². The second-order valence-corrected chi connectivity index (χ2v) is 27.7. The van der Waals surface area contributed by atoms with E-state index >= 15 is 0 Å². The Hall–Kier alpha value is -8.46. The molecule has 24 nitrogen and oxygen atoms in total. The molecule has 7 atom stereocenters. The molecule has 2 aliphatic rings. The molecule has 0 aliphatic carbocycles. The zero-order valence-electron chi connectivity index (χ0n) is 60.3. The Labute approximate surface area is 608 Å². The number of nitrogens with one attached hydrogen (secondary N) is 2. The molecule has 2 aromatic heterocycles. The van der Waals surface area contributed by atoms with Crippen molar-refractivity contribution in [2.75, 3.05) is 99.9 Å². The van der Waals surface area contributed by atoms with Gasteiger partial charge in [-0.3, -0.25) is 38.4 Å². The van der Waals surface area contributed by atoms with E-state index in [1.807, 2.05) is 135 Å². The van der Waals surface area contributed by atoms with Crippen LogP contribution in [0, 0.1) is 25.2 Å². The number of carbonyl (C=O) groups is 1. The summed E-state index contributed by atoms with van der Waals surface area (Å²) in [4.78, 5) is 72.0. The zero-order valence-corrected chi connectivity index (χ0v) is 61.2. The number of hydrogen-bond donors (Lipinski definition) is 2. The molecule has 0 saturated carbocycles. The summed E-state index contributed by atoms with van der Waals surface area (Å²) in [5, 5.41) is 13.6. The van der Waals surface area contributed by atoms with Gasteiger partial charge in [-0.25, -0.2) is 14.3 Å². The van der Waals surface area contributed by atoms with Gasteiger partial charge in [-0.2, -0.15) is 18.4 Å². The van der Waals surface area contributed by atoms with Crippen LogP contribution >= 0.6 is 8.53 Å². The van der Waals surface area contributed by atoms with Crippen LogP contribution in [0.15, 0.2) is 165 Å². The number of H-pyrrole nitrogens is 2. The summed E-state index contributed by atoms with van der Waals surface area (Å²) in [6.45, 7) is 11.1. The van der Waals surface area contributed by atoms with Crippen molar-refractivity contribution >= 4 is 36.0 Å². The number of nitriles is 1. The van der Waals surface area contributed by atoms with Crippen LogP contribution in [0.25, 0.3) is 21.5 Å². The molecule has 2 saturated heterocycles. The first-order valence-corrected chi connectivity index (χ1v) is 36.2. The highest BCUT2D eigenvalue weighted by molar-refractivity contribution is 7.44. The summed E-state index contributed by atoms with van der Waals surface area (Å²) < 4.78 is 116. The number of nitrogens with zero attached hydrogens (tertiary/aromatic N) is 6. The van der Waals surface area contributed by atoms with Crippen molar-refractivity contribution in [2.45, 2.75) is 128 Å². The van der Waals surface area contributed by atoms with Crippen molar-refractivity contribution in [1.82, 2.24) is 33.6 Å². The number of alkyl halides is 3. The Morgan fingerprint density at radius 2 is 1.10 bits per heavy atom. The zero-order chi connectivity index (χ0) is 74.8.